The van der Waals surface area contributed by atoms with Gasteiger partial charge in [-0.15, -0.1) is 0 Å². The van der Waals surface area contributed by atoms with Gasteiger partial charge >= 0.3 is 12.4 Å². The summed E-state index contributed by atoms with van der Waals surface area (Å²) < 4.78 is 85.8. The van der Waals surface area contributed by atoms with Gasteiger partial charge in [0.15, 0.2) is 0 Å². The number of alkyl halides is 6. The third-order valence-corrected chi connectivity index (χ3v) is 6.71. The van der Waals surface area contributed by atoms with Crippen LogP contribution in [0.4, 0.5) is 32.0 Å². The summed E-state index contributed by atoms with van der Waals surface area (Å²) in [6, 6.07) is 10.3. The molecule has 1 aliphatic rings. The van der Waals surface area contributed by atoms with Crippen molar-refractivity contribution in [1.82, 2.24) is 4.98 Å². The van der Waals surface area contributed by atoms with E-state index >= 15 is 0 Å². The third-order valence-electron chi connectivity index (χ3n) is 6.71. The number of hydrogen-bond acceptors (Lipinski definition) is 4. The van der Waals surface area contributed by atoms with Gasteiger partial charge in [0.25, 0.3) is 5.60 Å². The van der Waals surface area contributed by atoms with Crippen LogP contribution in [0.1, 0.15) is 54.8 Å². The summed E-state index contributed by atoms with van der Waals surface area (Å²) >= 11 is 0. The molecular weight excluding hydrogens is 486 g/mol. The Morgan fingerprint density at radius 1 is 1.03 bits per heavy atom. The van der Waals surface area contributed by atoms with Crippen LogP contribution in [0.25, 0.3) is 11.5 Å². The van der Waals surface area contributed by atoms with Crippen molar-refractivity contribution >= 4 is 5.69 Å². The van der Waals surface area contributed by atoms with Gasteiger partial charge in [0, 0.05) is 22.9 Å². The van der Waals surface area contributed by atoms with Gasteiger partial charge in [-0.25, -0.2) is 4.98 Å². The van der Waals surface area contributed by atoms with Crippen LogP contribution in [0.3, 0.4) is 0 Å². The zero-order chi connectivity index (χ0) is 26.6. The van der Waals surface area contributed by atoms with Gasteiger partial charge in [-0.2, -0.15) is 26.3 Å². The Labute approximate surface area is 204 Å². The molecule has 3 aromatic rings. The predicted octanol–water partition coefficient (Wildman–Crippen LogP) is 7.04. The van der Waals surface area contributed by atoms with Gasteiger partial charge in [-0.05, 0) is 55.5 Å². The van der Waals surface area contributed by atoms with E-state index in [1.54, 1.807) is 6.92 Å². The number of hydrogen-bond donors (Lipinski definition) is 1. The molecule has 0 amide bonds. The lowest BCUT2D eigenvalue weighted by Crippen LogP contribution is -2.53. The van der Waals surface area contributed by atoms with Crippen LogP contribution >= 0.6 is 0 Å². The highest BCUT2D eigenvalue weighted by Gasteiger charge is 2.71. The first-order chi connectivity index (χ1) is 16.6. The van der Waals surface area contributed by atoms with Crippen LogP contribution in [-0.4, -0.2) is 28.5 Å². The minimum Gasteiger partial charge on any atom is -0.441 e. The summed E-state index contributed by atoms with van der Waals surface area (Å²) in [5, 5.41) is 9.76. The van der Waals surface area contributed by atoms with E-state index in [1.165, 1.54) is 11.6 Å². The maximum atomic E-state index is 13.3. The number of halogens is 6. The first kappa shape index (κ1) is 26.1. The second-order valence-electron chi connectivity index (χ2n) is 9.53. The molecule has 0 spiro atoms. The standard InChI is InChI=1S/C26H26F6N2O2/c1-14(2)17-5-7-18(8-6-17)23-33-21(16(4)36-23)13-34-15(3)11-19-12-20(9-10-22(19)34)24(35,25(27,28)29)26(30,31)32/h5-10,12,14-15,35H,11,13H2,1-4H3. The SMILES string of the molecule is Cc1oc(-c2ccc(C(C)C)cc2)nc1CN1c2ccc(C(O)(C(F)(F)F)C(F)(F)F)cc2CC1C. The van der Waals surface area contributed by atoms with Crippen molar-refractivity contribution in [3.8, 4) is 11.5 Å². The number of aliphatic hydroxyl groups is 1. The second kappa shape index (κ2) is 8.83. The van der Waals surface area contributed by atoms with E-state index in [9.17, 15) is 31.4 Å². The number of rotatable bonds is 5. The molecule has 1 unspecified atom stereocenters. The molecule has 1 aromatic heterocycles. The monoisotopic (exact) mass is 512 g/mol. The molecule has 10 heteroatoms. The summed E-state index contributed by atoms with van der Waals surface area (Å²) in [7, 11) is 0. The average molecular weight is 512 g/mol. The summed E-state index contributed by atoms with van der Waals surface area (Å²) in [5.74, 6) is 1.38. The van der Waals surface area contributed by atoms with E-state index in [0.717, 1.165) is 11.6 Å². The van der Waals surface area contributed by atoms with Gasteiger partial charge in [0.1, 0.15) is 11.5 Å². The lowest BCUT2D eigenvalue weighted by atomic mass is 9.90. The highest BCUT2D eigenvalue weighted by molar-refractivity contribution is 5.62. The Morgan fingerprint density at radius 2 is 1.64 bits per heavy atom. The van der Waals surface area contributed by atoms with Gasteiger partial charge < -0.3 is 14.4 Å². The molecule has 1 atom stereocenters. The molecule has 2 aromatic carbocycles. The van der Waals surface area contributed by atoms with E-state index in [2.05, 4.69) is 18.8 Å². The normalized spacial score (nSPS) is 16.7. The molecule has 0 fully saturated rings. The van der Waals surface area contributed by atoms with Crippen LogP contribution in [0.2, 0.25) is 0 Å². The Hall–Kier alpha value is -3.01. The molecule has 1 N–H and O–H groups in total. The summed E-state index contributed by atoms with van der Waals surface area (Å²) in [6.07, 6.45) is -11.6. The van der Waals surface area contributed by atoms with Crippen LogP contribution in [-0.2, 0) is 18.6 Å². The van der Waals surface area contributed by atoms with Crippen molar-refractivity contribution in [2.24, 2.45) is 0 Å². The first-order valence-corrected chi connectivity index (χ1v) is 11.5. The van der Waals surface area contributed by atoms with Gasteiger partial charge in [0.05, 0.1) is 6.54 Å². The number of aryl methyl sites for hydroxylation is 1. The van der Waals surface area contributed by atoms with E-state index in [0.29, 0.717) is 35.0 Å². The minimum atomic E-state index is -5.93. The Kier molecular flexibility index (Phi) is 6.39. The number of nitrogens with zero attached hydrogens (tertiary/aromatic N) is 2. The molecule has 2 heterocycles. The molecule has 0 saturated carbocycles. The first-order valence-electron chi connectivity index (χ1n) is 11.5. The molecule has 1 aliphatic heterocycles. The number of aromatic nitrogens is 1. The van der Waals surface area contributed by atoms with Crippen molar-refractivity contribution in [2.45, 2.75) is 70.6 Å². The van der Waals surface area contributed by atoms with Gasteiger partial charge in [0.2, 0.25) is 5.89 Å². The quantitative estimate of drug-likeness (QED) is 0.373. The Bertz CT molecular complexity index is 1230. The molecule has 4 rings (SSSR count). The predicted molar refractivity (Wildman–Crippen MR) is 123 cm³/mol. The molecular formula is C26H26F6N2O2. The fourth-order valence-electron chi connectivity index (χ4n) is 4.52. The third kappa shape index (κ3) is 4.36. The molecule has 0 bridgehead atoms. The number of benzene rings is 2. The smallest absolute Gasteiger partial charge is 0.430 e. The van der Waals surface area contributed by atoms with E-state index in [4.69, 9.17) is 4.42 Å². The largest absolute Gasteiger partial charge is 0.441 e. The van der Waals surface area contributed by atoms with Crippen LogP contribution in [0.5, 0.6) is 0 Å². The summed E-state index contributed by atoms with van der Waals surface area (Å²) in [5.41, 5.74) is -2.84. The van der Waals surface area contributed by atoms with Crippen molar-refractivity contribution in [2.75, 3.05) is 4.90 Å². The topological polar surface area (TPSA) is 49.5 Å². The lowest BCUT2D eigenvalue weighted by molar-refractivity contribution is -0.376. The molecule has 36 heavy (non-hydrogen) atoms. The molecule has 194 valence electrons. The van der Waals surface area contributed by atoms with E-state index in [-0.39, 0.29) is 24.6 Å². The number of fused-ring (bicyclic) bond motifs is 1. The summed E-state index contributed by atoms with van der Waals surface area (Å²) in [6.45, 7) is 8.02. The Balaban J connectivity index is 1.63. The highest BCUT2D eigenvalue weighted by atomic mass is 19.4. The fourth-order valence-corrected chi connectivity index (χ4v) is 4.52. The van der Waals surface area contributed by atoms with Crippen molar-refractivity contribution in [1.29, 1.82) is 0 Å². The van der Waals surface area contributed by atoms with E-state index < -0.39 is 23.5 Å². The highest BCUT2D eigenvalue weighted by Crippen LogP contribution is 2.51. The van der Waals surface area contributed by atoms with Crippen LogP contribution < -0.4 is 4.90 Å². The zero-order valence-corrected chi connectivity index (χ0v) is 20.1. The fraction of sp³-hybridized carbons (Fsp3) is 0.423. The molecule has 4 nitrogen and oxygen atoms in total. The molecule has 0 radical (unpaired) electrons. The average Bonchev–Trinajstić information content (AvgIpc) is 3.30. The van der Waals surface area contributed by atoms with Crippen molar-refractivity contribution < 1.29 is 35.9 Å². The second-order valence-corrected chi connectivity index (χ2v) is 9.53. The van der Waals surface area contributed by atoms with E-state index in [1.807, 2.05) is 36.1 Å². The van der Waals surface area contributed by atoms with Crippen molar-refractivity contribution in [3.05, 3.63) is 70.6 Å². The van der Waals surface area contributed by atoms with Gasteiger partial charge in [-0.1, -0.05) is 38.1 Å². The zero-order valence-electron chi connectivity index (χ0n) is 20.1. The maximum absolute atomic E-state index is 13.3. The summed E-state index contributed by atoms with van der Waals surface area (Å²) in [4.78, 5) is 6.46. The van der Waals surface area contributed by atoms with Crippen LogP contribution in [0.15, 0.2) is 46.9 Å². The van der Waals surface area contributed by atoms with Crippen LogP contribution in [0, 0.1) is 6.92 Å². The number of oxazole rings is 1. The number of anilines is 1. The molecule has 0 aliphatic carbocycles. The Morgan fingerprint density at radius 3 is 2.19 bits per heavy atom. The molecule has 0 saturated heterocycles. The van der Waals surface area contributed by atoms with Gasteiger partial charge in [-0.3, -0.25) is 0 Å². The maximum Gasteiger partial charge on any atom is 0.430 e. The van der Waals surface area contributed by atoms with Crippen molar-refractivity contribution in [3.63, 3.8) is 0 Å². The lowest BCUT2D eigenvalue weighted by Gasteiger charge is -2.33. The minimum absolute atomic E-state index is 0.218.